The molecular formula is C12H18N4O2. The van der Waals surface area contributed by atoms with Crippen LogP contribution in [0.1, 0.15) is 6.42 Å². The molecule has 0 spiro atoms. The second-order valence-electron chi connectivity index (χ2n) is 4.56. The number of anilines is 1. The third-order valence-corrected chi connectivity index (χ3v) is 3.22. The van der Waals surface area contributed by atoms with Crippen molar-refractivity contribution in [3.63, 3.8) is 0 Å². The van der Waals surface area contributed by atoms with E-state index in [1.165, 1.54) is 0 Å². The van der Waals surface area contributed by atoms with E-state index in [1.54, 1.807) is 12.4 Å². The molecule has 0 bridgehead atoms. The van der Waals surface area contributed by atoms with Gasteiger partial charge in [0.2, 0.25) is 5.88 Å². The molecule has 1 aromatic heterocycles. The lowest BCUT2D eigenvalue weighted by atomic mass is 10.3. The largest absolute Gasteiger partial charge is 0.471 e. The molecule has 1 unspecified atom stereocenters. The van der Waals surface area contributed by atoms with E-state index in [0.717, 1.165) is 45.0 Å². The Morgan fingerprint density at radius 3 is 3.00 bits per heavy atom. The Hall–Kier alpha value is -1.40. The minimum atomic E-state index is 0.123. The van der Waals surface area contributed by atoms with Gasteiger partial charge in [-0.2, -0.15) is 4.98 Å². The van der Waals surface area contributed by atoms with Gasteiger partial charge in [-0.1, -0.05) is 0 Å². The van der Waals surface area contributed by atoms with Gasteiger partial charge >= 0.3 is 0 Å². The molecule has 3 rings (SSSR count). The highest BCUT2D eigenvalue weighted by molar-refractivity contribution is 5.38. The summed E-state index contributed by atoms with van der Waals surface area (Å²) in [4.78, 5) is 11.0. The van der Waals surface area contributed by atoms with Gasteiger partial charge in [0, 0.05) is 32.6 Å². The Morgan fingerprint density at radius 1 is 1.33 bits per heavy atom. The molecule has 2 aliphatic rings. The molecule has 2 fully saturated rings. The molecule has 1 atom stereocenters. The lowest BCUT2D eigenvalue weighted by molar-refractivity contribution is 0.138. The Balaban J connectivity index is 1.67. The van der Waals surface area contributed by atoms with Crippen molar-refractivity contribution in [3.05, 3.63) is 12.4 Å². The first kappa shape index (κ1) is 11.7. The molecule has 1 N–H and O–H groups in total. The van der Waals surface area contributed by atoms with Crippen molar-refractivity contribution < 1.29 is 9.47 Å². The van der Waals surface area contributed by atoms with Crippen LogP contribution in [0.3, 0.4) is 0 Å². The zero-order valence-corrected chi connectivity index (χ0v) is 10.3. The van der Waals surface area contributed by atoms with E-state index >= 15 is 0 Å². The molecule has 3 heterocycles. The molecule has 0 saturated carbocycles. The van der Waals surface area contributed by atoms with Crippen LogP contribution in [0, 0.1) is 0 Å². The van der Waals surface area contributed by atoms with Crippen LogP contribution in [0.2, 0.25) is 0 Å². The van der Waals surface area contributed by atoms with Crippen molar-refractivity contribution in [3.8, 4) is 5.88 Å². The van der Waals surface area contributed by atoms with E-state index in [1.807, 2.05) is 0 Å². The molecule has 0 amide bonds. The molecule has 1 aromatic rings. The quantitative estimate of drug-likeness (QED) is 0.818. The first-order valence-electron chi connectivity index (χ1n) is 6.44. The van der Waals surface area contributed by atoms with Crippen molar-refractivity contribution in [2.75, 3.05) is 44.3 Å². The van der Waals surface area contributed by atoms with Gasteiger partial charge in [-0.15, -0.1) is 0 Å². The van der Waals surface area contributed by atoms with Crippen LogP contribution in [0.5, 0.6) is 5.88 Å². The zero-order chi connectivity index (χ0) is 12.2. The summed E-state index contributed by atoms with van der Waals surface area (Å²) < 4.78 is 11.0. The van der Waals surface area contributed by atoms with Crippen LogP contribution >= 0.6 is 0 Å². The predicted molar refractivity (Wildman–Crippen MR) is 67.0 cm³/mol. The minimum absolute atomic E-state index is 0.123. The number of nitrogens with zero attached hydrogens (tertiary/aromatic N) is 3. The summed E-state index contributed by atoms with van der Waals surface area (Å²) >= 11 is 0. The fraction of sp³-hybridized carbons (Fsp3) is 0.667. The smallest absolute Gasteiger partial charge is 0.234 e. The highest BCUT2D eigenvalue weighted by Crippen LogP contribution is 2.17. The van der Waals surface area contributed by atoms with E-state index in [9.17, 15) is 0 Å². The van der Waals surface area contributed by atoms with Crippen molar-refractivity contribution in [2.24, 2.45) is 0 Å². The van der Waals surface area contributed by atoms with E-state index in [4.69, 9.17) is 9.47 Å². The molecule has 98 valence electrons. The van der Waals surface area contributed by atoms with Gasteiger partial charge in [0.1, 0.15) is 6.10 Å². The first-order chi connectivity index (χ1) is 8.92. The van der Waals surface area contributed by atoms with Gasteiger partial charge in [-0.05, 0) is 0 Å². The standard InChI is InChI=1S/C12H18N4O2/c1-6-17-9-10(1)18-12-8-14-7-11(15-12)16-4-2-13-3-5-16/h7-8,10,13H,1-6,9H2. The molecule has 0 aromatic carbocycles. The molecule has 18 heavy (non-hydrogen) atoms. The number of nitrogens with one attached hydrogen (secondary N) is 1. The van der Waals surface area contributed by atoms with Crippen LogP contribution in [0.25, 0.3) is 0 Å². The average Bonchev–Trinajstić information content (AvgIpc) is 2.93. The highest BCUT2D eigenvalue weighted by atomic mass is 16.5. The lowest BCUT2D eigenvalue weighted by Gasteiger charge is -2.28. The number of aromatic nitrogens is 2. The van der Waals surface area contributed by atoms with Crippen molar-refractivity contribution in [2.45, 2.75) is 12.5 Å². The summed E-state index contributed by atoms with van der Waals surface area (Å²) in [7, 11) is 0. The Morgan fingerprint density at radius 2 is 2.22 bits per heavy atom. The summed E-state index contributed by atoms with van der Waals surface area (Å²) in [6.45, 7) is 5.33. The van der Waals surface area contributed by atoms with Gasteiger partial charge in [-0.3, -0.25) is 4.98 Å². The van der Waals surface area contributed by atoms with Gasteiger partial charge in [0.15, 0.2) is 5.82 Å². The summed E-state index contributed by atoms with van der Waals surface area (Å²) in [6.07, 6.45) is 4.52. The first-order valence-corrected chi connectivity index (χ1v) is 6.44. The fourth-order valence-corrected chi connectivity index (χ4v) is 2.22. The van der Waals surface area contributed by atoms with E-state index in [0.29, 0.717) is 12.5 Å². The van der Waals surface area contributed by atoms with Crippen molar-refractivity contribution in [1.29, 1.82) is 0 Å². The summed E-state index contributed by atoms with van der Waals surface area (Å²) in [5.41, 5.74) is 0. The van der Waals surface area contributed by atoms with Gasteiger partial charge < -0.3 is 19.7 Å². The maximum absolute atomic E-state index is 5.77. The lowest BCUT2D eigenvalue weighted by Crippen LogP contribution is -2.44. The van der Waals surface area contributed by atoms with Gasteiger partial charge in [-0.25, -0.2) is 0 Å². The monoisotopic (exact) mass is 250 g/mol. The summed E-state index contributed by atoms with van der Waals surface area (Å²) in [5.74, 6) is 1.49. The van der Waals surface area contributed by atoms with E-state index < -0.39 is 0 Å². The number of hydrogen-bond acceptors (Lipinski definition) is 6. The van der Waals surface area contributed by atoms with Crippen LogP contribution in [-0.2, 0) is 4.74 Å². The molecular weight excluding hydrogens is 232 g/mol. The zero-order valence-electron chi connectivity index (χ0n) is 10.3. The summed E-state index contributed by atoms with van der Waals surface area (Å²) in [5, 5.41) is 3.32. The topological polar surface area (TPSA) is 59.5 Å². The Labute approximate surface area is 106 Å². The second kappa shape index (κ2) is 5.49. The predicted octanol–water partition coefficient (Wildman–Crippen LogP) is 0.0539. The Bertz CT molecular complexity index is 389. The second-order valence-corrected chi connectivity index (χ2v) is 4.56. The van der Waals surface area contributed by atoms with Crippen LogP contribution < -0.4 is 15.0 Å². The average molecular weight is 250 g/mol. The van der Waals surface area contributed by atoms with E-state index in [2.05, 4.69) is 20.2 Å². The number of hydrogen-bond donors (Lipinski definition) is 1. The molecule has 6 heteroatoms. The van der Waals surface area contributed by atoms with Crippen molar-refractivity contribution in [1.82, 2.24) is 15.3 Å². The maximum atomic E-state index is 5.77. The molecule has 6 nitrogen and oxygen atoms in total. The number of ether oxygens (including phenoxy) is 2. The maximum Gasteiger partial charge on any atom is 0.234 e. The number of piperazine rings is 1. The summed E-state index contributed by atoms with van der Waals surface area (Å²) in [6, 6.07) is 0. The van der Waals surface area contributed by atoms with Crippen LogP contribution in [0.15, 0.2) is 12.4 Å². The molecule has 0 radical (unpaired) electrons. The highest BCUT2D eigenvalue weighted by Gasteiger charge is 2.19. The minimum Gasteiger partial charge on any atom is -0.471 e. The number of rotatable bonds is 3. The van der Waals surface area contributed by atoms with Gasteiger partial charge in [0.05, 0.1) is 25.6 Å². The van der Waals surface area contributed by atoms with Gasteiger partial charge in [0.25, 0.3) is 0 Å². The van der Waals surface area contributed by atoms with Crippen LogP contribution in [0.4, 0.5) is 5.82 Å². The normalized spacial score (nSPS) is 24.2. The molecule has 2 saturated heterocycles. The van der Waals surface area contributed by atoms with E-state index in [-0.39, 0.29) is 6.10 Å². The fourth-order valence-electron chi connectivity index (χ4n) is 2.22. The third-order valence-electron chi connectivity index (χ3n) is 3.22. The van der Waals surface area contributed by atoms with Crippen LogP contribution in [-0.4, -0.2) is 55.5 Å². The molecule has 0 aliphatic carbocycles. The third kappa shape index (κ3) is 2.70. The molecule has 2 aliphatic heterocycles. The van der Waals surface area contributed by atoms with Crippen molar-refractivity contribution >= 4 is 5.82 Å². The SMILES string of the molecule is c1ncc(N2CCNCC2)nc1OC1CCOC1. The Kier molecular flexibility index (Phi) is 3.56.